The number of nitrogens with zero attached hydrogens (tertiary/aromatic N) is 2. The van der Waals surface area contributed by atoms with E-state index in [0.717, 1.165) is 31.7 Å². The maximum absolute atomic E-state index is 12.8. The highest BCUT2D eigenvalue weighted by Crippen LogP contribution is 2.23. The van der Waals surface area contributed by atoms with E-state index in [1.54, 1.807) is 36.5 Å². The number of anilines is 3. The molecule has 1 saturated heterocycles. The molecule has 148 valence electrons. The minimum atomic E-state index is -0.460. The molecule has 28 heavy (non-hydrogen) atoms. The molecule has 0 radical (unpaired) electrons. The number of carbonyl (C=O) groups excluding carboxylic acids is 2. The van der Waals surface area contributed by atoms with Gasteiger partial charge in [-0.15, -0.1) is 0 Å². The highest BCUT2D eigenvalue weighted by molar-refractivity contribution is 6.07. The third-order valence-corrected chi connectivity index (χ3v) is 4.77. The van der Waals surface area contributed by atoms with E-state index in [2.05, 4.69) is 20.5 Å². The van der Waals surface area contributed by atoms with Crippen molar-refractivity contribution in [1.29, 1.82) is 0 Å². The largest absolute Gasteiger partial charge is 0.356 e. The molecule has 1 fully saturated rings. The van der Waals surface area contributed by atoms with Crippen molar-refractivity contribution >= 4 is 29.0 Å². The molecule has 1 aliphatic heterocycles. The third kappa shape index (κ3) is 4.88. The van der Waals surface area contributed by atoms with Crippen LogP contribution in [-0.2, 0) is 4.79 Å². The first-order chi connectivity index (χ1) is 13.3. The van der Waals surface area contributed by atoms with Crippen LogP contribution in [0.25, 0.3) is 0 Å². The minimum absolute atomic E-state index is 0.0502. The maximum Gasteiger partial charge on any atom is 0.259 e. The second-order valence-electron chi connectivity index (χ2n) is 8.16. The van der Waals surface area contributed by atoms with Crippen molar-refractivity contribution in [2.24, 2.45) is 5.41 Å². The van der Waals surface area contributed by atoms with Crippen LogP contribution in [0.1, 0.15) is 50.4 Å². The number of nitrogens with one attached hydrogen (secondary N) is 2. The quantitative estimate of drug-likeness (QED) is 0.829. The number of hydrogen-bond donors (Lipinski definition) is 2. The Balaban J connectivity index is 1.69. The number of amides is 2. The normalized spacial score (nSPS) is 14.5. The maximum atomic E-state index is 12.8. The topological polar surface area (TPSA) is 74.3 Å². The zero-order valence-corrected chi connectivity index (χ0v) is 16.8. The van der Waals surface area contributed by atoms with Gasteiger partial charge in [0.15, 0.2) is 0 Å². The molecular formula is C22H28N4O2. The van der Waals surface area contributed by atoms with Gasteiger partial charge < -0.3 is 15.5 Å². The van der Waals surface area contributed by atoms with Crippen molar-refractivity contribution in [3.05, 3.63) is 48.2 Å². The van der Waals surface area contributed by atoms with Crippen molar-refractivity contribution in [3.8, 4) is 0 Å². The Bertz CT molecular complexity index is 834. The van der Waals surface area contributed by atoms with Crippen LogP contribution in [0.15, 0.2) is 42.6 Å². The van der Waals surface area contributed by atoms with Gasteiger partial charge in [0.1, 0.15) is 5.82 Å². The molecule has 0 spiro atoms. The van der Waals surface area contributed by atoms with Crippen LogP contribution in [0.3, 0.4) is 0 Å². The fourth-order valence-electron chi connectivity index (χ4n) is 3.09. The van der Waals surface area contributed by atoms with Gasteiger partial charge in [-0.05, 0) is 55.7 Å². The summed E-state index contributed by atoms with van der Waals surface area (Å²) in [5, 5.41) is 5.81. The molecule has 0 unspecified atom stereocenters. The molecule has 3 rings (SSSR count). The lowest BCUT2D eigenvalue weighted by Crippen LogP contribution is -2.32. The third-order valence-electron chi connectivity index (χ3n) is 4.77. The van der Waals surface area contributed by atoms with Crippen LogP contribution in [0.5, 0.6) is 0 Å². The minimum Gasteiger partial charge on any atom is -0.356 e. The monoisotopic (exact) mass is 380 g/mol. The lowest BCUT2D eigenvalue weighted by molar-refractivity contribution is -0.123. The van der Waals surface area contributed by atoms with Crippen LogP contribution in [0.4, 0.5) is 17.2 Å². The summed E-state index contributed by atoms with van der Waals surface area (Å²) in [6.07, 6.45) is 5.20. The lowest BCUT2D eigenvalue weighted by atomic mass is 9.95. The van der Waals surface area contributed by atoms with Gasteiger partial charge in [0.25, 0.3) is 5.91 Å². The summed E-state index contributed by atoms with van der Waals surface area (Å²) in [7, 11) is 0. The standard InChI is InChI=1S/C22H28N4O2/c1-22(2,3)21(28)25-17-11-9-16(10-12-17)24-20(27)18-8-7-13-23-19(18)26-14-5-4-6-15-26/h7-13H,4-6,14-15H2,1-3H3,(H,24,27)(H,25,28). The molecule has 1 aliphatic rings. The van der Waals surface area contributed by atoms with E-state index in [0.29, 0.717) is 16.9 Å². The molecular weight excluding hydrogens is 352 g/mol. The summed E-state index contributed by atoms with van der Waals surface area (Å²) in [5.41, 5.74) is 1.49. The molecule has 2 amide bonds. The molecule has 0 saturated carbocycles. The molecule has 2 heterocycles. The van der Waals surface area contributed by atoms with Crippen molar-refractivity contribution in [2.75, 3.05) is 28.6 Å². The van der Waals surface area contributed by atoms with Gasteiger partial charge in [-0.3, -0.25) is 9.59 Å². The molecule has 6 heteroatoms. The molecule has 2 aromatic rings. The average molecular weight is 380 g/mol. The molecule has 0 atom stereocenters. The Kier molecular flexibility index (Phi) is 5.97. The lowest BCUT2D eigenvalue weighted by Gasteiger charge is -2.29. The summed E-state index contributed by atoms with van der Waals surface area (Å²) in [6.45, 7) is 7.46. The second kappa shape index (κ2) is 8.42. The zero-order chi connectivity index (χ0) is 20.1. The smallest absolute Gasteiger partial charge is 0.259 e. The Hall–Kier alpha value is -2.89. The number of rotatable bonds is 4. The van der Waals surface area contributed by atoms with Crippen molar-refractivity contribution in [3.63, 3.8) is 0 Å². The highest BCUT2D eigenvalue weighted by Gasteiger charge is 2.22. The van der Waals surface area contributed by atoms with Crippen LogP contribution in [0, 0.1) is 5.41 Å². The van der Waals surface area contributed by atoms with Gasteiger partial charge in [0.2, 0.25) is 5.91 Å². The van der Waals surface area contributed by atoms with Gasteiger partial charge in [0.05, 0.1) is 5.56 Å². The van der Waals surface area contributed by atoms with Gasteiger partial charge in [-0.1, -0.05) is 20.8 Å². The number of aromatic nitrogens is 1. The van der Waals surface area contributed by atoms with Gasteiger partial charge in [-0.2, -0.15) is 0 Å². The van der Waals surface area contributed by atoms with Crippen molar-refractivity contribution in [2.45, 2.75) is 40.0 Å². The van der Waals surface area contributed by atoms with E-state index in [1.807, 2.05) is 26.8 Å². The zero-order valence-electron chi connectivity index (χ0n) is 16.8. The molecule has 2 N–H and O–H groups in total. The van der Waals surface area contributed by atoms with Crippen LogP contribution in [0.2, 0.25) is 0 Å². The number of pyridine rings is 1. The number of hydrogen-bond acceptors (Lipinski definition) is 4. The molecule has 1 aromatic carbocycles. The molecule has 1 aromatic heterocycles. The Morgan fingerprint density at radius 1 is 0.929 bits per heavy atom. The van der Waals surface area contributed by atoms with Crippen molar-refractivity contribution < 1.29 is 9.59 Å². The Morgan fingerprint density at radius 2 is 1.54 bits per heavy atom. The molecule has 0 bridgehead atoms. The summed E-state index contributed by atoms with van der Waals surface area (Å²) in [4.78, 5) is 31.5. The Morgan fingerprint density at radius 3 is 2.14 bits per heavy atom. The predicted molar refractivity (Wildman–Crippen MR) is 113 cm³/mol. The van der Waals surface area contributed by atoms with Gasteiger partial charge in [0, 0.05) is 36.1 Å². The van der Waals surface area contributed by atoms with E-state index in [-0.39, 0.29) is 11.8 Å². The van der Waals surface area contributed by atoms with E-state index < -0.39 is 5.41 Å². The van der Waals surface area contributed by atoms with Crippen LogP contribution < -0.4 is 15.5 Å². The molecule has 6 nitrogen and oxygen atoms in total. The predicted octanol–water partition coefficient (Wildman–Crippen LogP) is 4.31. The first-order valence-corrected chi connectivity index (χ1v) is 9.77. The van der Waals surface area contributed by atoms with E-state index in [1.165, 1.54) is 6.42 Å². The summed E-state index contributed by atoms with van der Waals surface area (Å²) >= 11 is 0. The Labute approximate surface area is 166 Å². The second-order valence-corrected chi connectivity index (χ2v) is 8.16. The first kappa shape index (κ1) is 19.9. The summed E-state index contributed by atoms with van der Waals surface area (Å²) in [6, 6.07) is 10.7. The number of piperidine rings is 1. The van der Waals surface area contributed by atoms with Gasteiger partial charge >= 0.3 is 0 Å². The first-order valence-electron chi connectivity index (χ1n) is 9.77. The SMILES string of the molecule is CC(C)(C)C(=O)Nc1ccc(NC(=O)c2cccnc2N2CCCCC2)cc1. The summed E-state index contributed by atoms with van der Waals surface area (Å²) < 4.78 is 0. The summed E-state index contributed by atoms with van der Waals surface area (Å²) in [5.74, 6) is 0.514. The fraction of sp³-hybridized carbons (Fsp3) is 0.409. The molecule has 0 aliphatic carbocycles. The highest BCUT2D eigenvalue weighted by atomic mass is 16.2. The van der Waals surface area contributed by atoms with E-state index in [9.17, 15) is 9.59 Å². The van der Waals surface area contributed by atoms with E-state index in [4.69, 9.17) is 0 Å². The van der Waals surface area contributed by atoms with Crippen LogP contribution in [-0.4, -0.2) is 29.9 Å². The van der Waals surface area contributed by atoms with Crippen LogP contribution >= 0.6 is 0 Å². The van der Waals surface area contributed by atoms with Crippen molar-refractivity contribution in [1.82, 2.24) is 4.98 Å². The van der Waals surface area contributed by atoms with Gasteiger partial charge in [-0.25, -0.2) is 4.98 Å². The number of benzene rings is 1. The average Bonchev–Trinajstić information content (AvgIpc) is 2.69. The number of carbonyl (C=O) groups is 2. The van der Waals surface area contributed by atoms with E-state index >= 15 is 0 Å². The fourth-order valence-corrected chi connectivity index (χ4v) is 3.09.